The van der Waals surface area contributed by atoms with Gasteiger partial charge in [-0.05, 0) is 23.1 Å². The number of primary amides is 1. The molecule has 4 nitrogen and oxygen atoms in total. The van der Waals surface area contributed by atoms with Gasteiger partial charge in [0.15, 0.2) is 0 Å². The number of alkyl halides is 6. The molecule has 4 N–H and O–H groups in total. The number of nitrogens with two attached hydrogens (primary N) is 1. The summed E-state index contributed by atoms with van der Waals surface area (Å²) in [5.41, 5.74) is -1.18. The molecule has 1 unspecified atom stereocenters. The van der Waals surface area contributed by atoms with E-state index in [1.54, 1.807) is 24.3 Å². The number of carbonyl (C=O) groups is 1. The van der Waals surface area contributed by atoms with Crippen molar-refractivity contribution in [2.75, 3.05) is 6.54 Å². The summed E-state index contributed by atoms with van der Waals surface area (Å²) in [6.07, 6.45) is -11.4. The van der Waals surface area contributed by atoms with Gasteiger partial charge in [0.2, 0.25) is 5.91 Å². The van der Waals surface area contributed by atoms with Crippen molar-refractivity contribution < 1.29 is 36.2 Å². The van der Waals surface area contributed by atoms with E-state index in [-0.39, 0.29) is 5.56 Å². The standard InChI is InChI=1S/C19H16F6N2O2/c20-18(21,22)17(29,19(23,24)25)13-7-5-12(6-8-13)16(15(26)28)14-4-2-1-3-11(14)9-10-27-16/h1-8,27,29H,9-10H2,(H2,26,28). The Morgan fingerprint density at radius 3 is 2.03 bits per heavy atom. The number of carbonyl (C=O) groups excluding carboxylic acids is 1. The van der Waals surface area contributed by atoms with Gasteiger partial charge in [-0.25, -0.2) is 0 Å². The molecule has 0 spiro atoms. The van der Waals surface area contributed by atoms with E-state index in [1.165, 1.54) is 0 Å². The van der Waals surface area contributed by atoms with E-state index in [0.717, 1.165) is 17.7 Å². The van der Waals surface area contributed by atoms with Crippen LogP contribution < -0.4 is 11.1 Å². The highest BCUT2D eigenvalue weighted by molar-refractivity contribution is 5.91. The van der Waals surface area contributed by atoms with Crippen LogP contribution in [0.15, 0.2) is 48.5 Å². The third kappa shape index (κ3) is 3.06. The lowest BCUT2D eigenvalue weighted by Crippen LogP contribution is -2.57. The Morgan fingerprint density at radius 2 is 1.52 bits per heavy atom. The number of aliphatic hydroxyl groups is 1. The molecule has 1 aliphatic heterocycles. The predicted octanol–water partition coefficient (Wildman–Crippen LogP) is 2.87. The average Bonchev–Trinajstić information content (AvgIpc) is 2.65. The van der Waals surface area contributed by atoms with Crippen molar-refractivity contribution in [3.8, 4) is 0 Å². The van der Waals surface area contributed by atoms with Gasteiger partial charge in [0, 0.05) is 12.1 Å². The number of amides is 1. The molecule has 0 radical (unpaired) electrons. The molecule has 2 aromatic carbocycles. The van der Waals surface area contributed by atoms with E-state index in [4.69, 9.17) is 5.73 Å². The van der Waals surface area contributed by atoms with Gasteiger partial charge in [-0.3, -0.25) is 10.1 Å². The molecule has 10 heteroatoms. The topological polar surface area (TPSA) is 75.4 Å². The first-order valence-electron chi connectivity index (χ1n) is 8.46. The number of hydrogen-bond acceptors (Lipinski definition) is 3. The minimum Gasteiger partial charge on any atom is -0.369 e. The first-order chi connectivity index (χ1) is 13.4. The number of hydrogen-bond donors (Lipinski definition) is 3. The molecule has 0 aromatic heterocycles. The maximum absolute atomic E-state index is 13.1. The van der Waals surface area contributed by atoms with Crippen molar-refractivity contribution in [1.29, 1.82) is 0 Å². The molecule has 1 heterocycles. The van der Waals surface area contributed by atoms with Gasteiger partial charge >= 0.3 is 12.4 Å². The highest BCUT2D eigenvalue weighted by Gasteiger charge is 2.71. The van der Waals surface area contributed by atoms with Crippen molar-refractivity contribution in [1.82, 2.24) is 5.32 Å². The SMILES string of the molecule is NC(=O)C1(c2ccc(C(O)(C(F)(F)F)C(F)(F)F)cc2)NCCc2ccccc21. The van der Waals surface area contributed by atoms with Crippen LogP contribution in [0.4, 0.5) is 26.3 Å². The minimum atomic E-state index is -6.00. The van der Waals surface area contributed by atoms with E-state index in [9.17, 15) is 36.2 Å². The van der Waals surface area contributed by atoms with Crippen molar-refractivity contribution in [3.63, 3.8) is 0 Å². The predicted molar refractivity (Wildman–Crippen MR) is 90.6 cm³/mol. The van der Waals surface area contributed by atoms with Gasteiger partial charge < -0.3 is 10.8 Å². The third-order valence-corrected chi connectivity index (χ3v) is 5.13. The fourth-order valence-corrected chi connectivity index (χ4v) is 3.65. The fraction of sp³-hybridized carbons (Fsp3) is 0.316. The highest BCUT2D eigenvalue weighted by Crippen LogP contribution is 2.50. The molecule has 2 aromatic rings. The van der Waals surface area contributed by atoms with E-state index < -0.39 is 35.0 Å². The van der Waals surface area contributed by atoms with Crippen LogP contribution in [0.5, 0.6) is 0 Å². The van der Waals surface area contributed by atoms with E-state index in [1.807, 2.05) is 0 Å². The monoisotopic (exact) mass is 418 g/mol. The molecule has 156 valence electrons. The van der Waals surface area contributed by atoms with Gasteiger partial charge in [-0.2, -0.15) is 26.3 Å². The van der Waals surface area contributed by atoms with Crippen LogP contribution in [0, 0.1) is 0 Å². The van der Waals surface area contributed by atoms with E-state index in [0.29, 0.717) is 30.7 Å². The van der Waals surface area contributed by atoms with Crippen molar-refractivity contribution in [3.05, 3.63) is 70.8 Å². The summed E-state index contributed by atoms with van der Waals surface area (Å²) in [6, 6.07) is 9.61. The van der Waals surface area contributed by atoms with Crippen LogP contribution in [0.25, 0.3) is 0 Å². The largest absolute Gasteiger partial charge is 0.430 e. The number of rotatable bonds is 3. The smallest absolute Gasteiger partial charge is 0.369 e. The Hall–Kier alpha value is -2.59. The van der Waals surface area contributed by atoms with Gasteiger partial charge in [0.1, 0.15) is 5.54 Å². The van der Waals surface area contributed by atoms with E-state index in [2.05, 4.69) is 5.32 Å². The second kappa shape index (κ2) is 6.74. The van der Waals surface area contributed by atoms with Gasteiger partial charge in [-0.1, -0.05) is 48.5 Å². The summed E-state index contributed by atoms with van der Waals surface area (Å²) < 4.78 is 78.5. The van der Waals surface area contributed by atoms with Crippen LogP contribution in [-0.2, 0) is 22.4 Å². The first kappa shape index (κ1) is 21.1. The number of halogens is 6. The normalized spacial score (nSPS) is 20.2. The number of fused-ring (bicyclic) bond motifs is 1. The molecule has 0 aliphatic carbocycles. The Balaban J connectivity index is 2.16. The second-order valence-electron chi connectivity index (χ2n) is 6.73. The van der Waals surface area contributed by atoms with Crippen LogP contribution >= 0.6 is 0 Å². The summed E-state index contributed by atoms with van der Waals surface area (Å²) in [4.78, 5) is 12.4. The molecule has 0 bridgehead atoms. The molecule has 1 amide bonds. The number of nitrogens with one attached hydrogen (secondary N) is 1. The maximum atomic E-state index is 13.1. The molecule has 29 heavy (non-hydrogen) atoms. The van der Waals surface area contributed by atoms with Gasteiger partial charge in [0.25, 0.3) is 5.60 Å². The second-order valence-corrected chi connectivity index (χ2v) is 6.73. The molecule has 1 atom stereocenters. The van der Waals surface area contributed by atoms with Gasteiger partial charge in [-0.15, -0.1) is 0 Å². The summed E-state index contributed by atoms with van der Waals surface area (Å²) in [5, 5.41) is 12.5. The molecule has 0 fully saturated rings. The molecule has 0 saturated carbocycles. The van der Waals surface area contributed by atoms with Crippen LogP contribution in [0.2, 0.25) is 0 Å². The van der Waals surface area contributed by atoms with Crippen LogP contribution in [-0.4, -0.2) is 29.9 Å². The Morgan fingerprint density at radius 1 is 0.966 bits per heavy atom. The van der Waals surface area contributed by atoms with Crippen LogP contribution in [0.1, 0.15) is 22.3 Å². The van der Waals surface area contributed by atoms with Crippen molar-refractivity contribution in [2.45, 2.75) is 29.9 Å². The van der Waals surface area contributed by atoms with Gasteiger partial charge in [0.05, 0.1) is 0 Å². The molecule has 3 rings (SSSR count). The summed E-state index contributed by atoms with van der Waals surface area (Å²) in [5.74, 6) is -0.862. The fourth-order valence-electron chi connectivity index (χ4n) is 3.65. The lowest BCUT2D eigenvalue weighted by atomic mass is 9.76. The Labute approximate surface area is 161 Å². The molecular weight excluding hydrogens is 402 g/mol. The molecule has 1 aliphatic rings. The lowest BCUT2D eigenvalue weighted by Gasteiger charge is -2.38. The summed E-state index contributed by atoms with van der Waals surface area (Å²) in [7, 11) is 0. The average molecular weight is 418 g/mol. The minimum absolute atomic E-state index is 0.0626. The lowest BCUT2D eigenvalue weighted by molar-refractivity contribution is -0.376. The van der Waals surface area contributed by atoms with E-state index >= 15 is 0 Å². The quantitative estimate of drug-likeness (QED) is 0.672. The highest BCUT2D eigenvalue weighted by atomic mass is 19.4. The zero-order chi connectivity index (χ0) is 21.7. The first-order valence-corrected chi connectivity index (χ1v) is 8.46. The Bertz CT molecular complexity index is 910. The van der Waals surface area contributed by atoms with Crippen LogP contribution in [0.3, 0.4) is 0 Å². The zero-order valence-corrected chi connectivity index (χ0v) is 14.7. The summed E-state index contributed by atoms with van der Waals surface area (Å²) in [6.45, 7) is 0.316. The van der Waals surface area contributed by atoms with Crippen molar-refractivity contribution in [2.24, 2.45) is 5.73 Å². The molecule has 0 saturated heterocycles. The zero-order valence-electron chi connectivity index (χ0n) is 14.7. The Kier molecular flexibility index (Phi) is 4.91. The van der Waals surface area contributed by atoms with Crippen molar-refractivity contribution >= 4 is 5.91 Å². The third-order valence-electron chi connectivity index (χ3n) is 5.13. The summed E-state index contributed by atoms with van der Waals surface area (Å²) >= 11 is 0. The maximum Gasteiger partial charge on any atom is 0.430 e. The molecular formula is C19H16F6N2O2. The number of benzene rings is 2.